The number of rotatable bonds is 3. The maximum Gasteiger partial charge on any atom is 0.270 e. The maximum atomic E-state index is 3.33. The molecule has 34 heavy (non-hydrogen) atoms. The Hall–Kier alpha value is -2.46. The van der Waals surface area contributed by atoms with Crippen molar-refractivity contribution in [3.63, 3.8) is 0 Å². The van der Waals surface area contributed by atoms with Gasteiger partial charge in [0.2, 0.25) is 5.52 Å². The van der Waals surface area contributed by atoms with Crippen LogP contribution in [0, 0.1) is 19.9 Å². The van der Waals surface area contributed by atoms with Crippen LogP contribution in [0.2, 0.25) is 0 Å². The Labute approximate surface area is 232 Å². The summed E-state index contributed by atoms with van der Waals surface area (Å²) in [5, 5.41) is 1.32. The predicted molar refractivity (Wildman–Crippen MR) is 140 cm³/mol. The number of fused-ring (bicyclic) bond motifs is 1. The van der Waals surface area contributed by atoms with Gasteiger partial charge >= 0.3 is 0 Å². The number of nitrogens with zero attached hydrogens (tertiary/aromatic N) is 2. The Morgan fingerprint density at radius 1 is 0.794 bits per heavy atom. The molecule has 4 heteroatoms. The van der Waals surface area contributed by atoms with Gasteiger partial charge < -0.3 is 0 Å². The van der Waals surface area contributed by atoms with Crippen molar-refractivity contribution in [3.8, 4) is 10.6 Å². The van der Waals surface area contributed by atoms with Crippen molar-refractivity contribution in [1.29, 1.82) is 0 Å². The van der Waals surface area contributed by atoms with E-state index in [4.69, 9.17) is 0 Å². The number of benzene rings is 4. The molecule has 0 saturated heterocycles. The summed E-state index contributed by atoms with van der Waals surface area (Å²) < 4.78 is 5.58. The summed E-state index contributed by atoms with van der Waals surface area (Å²) in [4.78, 5) is 0. The van der Waals surface area contributed by atoms with Crippen molar-refractivity contribution in [2.45, 2.75) is 13.8 Å². The molecule has 5 rings (SSSR count). The molecule has 0 bridgehead atoms. The van der Waals surface area contributed by atoms with Crippen LogP contribution in [-0.4, -0.2) is 17.8 Å². The Bertz CT molecular complexity index is 1400. The minimum Gasteiger partial charge on any atom is -0.299 e. The first-order chi connectivity index (χ1) is 16.0. The van der Waals surface area contributed by atoms with Crippen molar-refractivity contribution in [2.24, 2.45) is 7.05 Å². The third-order valence-corrected chi connectivity index (χ3v) is 6.85. The van der Waals surface area contributed by atoms with E-state index >= 15 is 0 Å². The van der Waals surface area contributed by atoms with Gasteiger partial charge in [-0.1, -0.05) is 60.2 Å². The molecule has 0 aliphatic carbocycles. The Morgan fingerprint density at radius 2 is 1.44 bits per heavy atom. The Balaban J connectivity index is 0.000000186. The molecule has 167 valence electrons. The van der Waals surface area contributed by atoms with E-state index in [0.29, 0.717) is 0 Å². The molecule has 1 radical (unpaired) electrons. The molecule has 5 aromatic rings. The van der Waals surface area contributed by atoms with E-state index < -0.39 is 0 Å². The fourth-order valence-corrected chi connectivity index (χ4v) is 4.92. The fourth-order valence-electron chi connectivity index (χ4n) is 3.68. The minimum absolute atomic E-state index is 0. The van der Waals surface area contributed by atoms with Gasteiger partial charge in [-0.2, -0.15) is 28.8 Å². The average molecular weight is 538 g/mol. The van der Waals surface area contributed by atoms with E-state index in [1.54, 1.807) is 0 Å². The van der Waals surface area contributed by atoms with Gasteiger partial charge in [0.25, 0.3) is 5.01 Å². The molecular weight excluding hydrogens is 509 g/mol. The molecule has 4 aromatic carbocycles. The summed E-state index contributed by atoms with van der Waals surface area (Å²) >= 11 is 1.85. The van der Waals surface area contributed by atoms with Gasteiger partial charge in [-0.05, 0) is 24.6 Å². The second kappa shape index (κ2) is 12.3. The van der Waals surface area contributed by atoms with E-state index in [-0.39, 0.29) is 32.7 Å². The molecule has 0 unspecified atom stereocenters. The Kier molecular flexibility index (Phi) is 9.47. The monoisotopic (exact) mass is 537 g/mol. The smallest absolute Gasteiger partial charge is 0.270 e. The summed E-state index contributed by atoms with van der Waals surface area (Å²) in [5.41, 5.74) is 7.32. The SMILES string of the molecule is Cc1ccccc1-c1sc2ccccc2[n+]1C.Cc1ccccc1[C-]=[N+](C)c1[c-]cccc1.[Y]. The summed E-state index contributed by atoms with van der Waals surface area (Å²) in [6.07, 6.45) is 3.33. The number of aryl methyl sites for hydroxylation is 3. The van der Waals surface area contributed by atoms with Crippen LogP contribution in [0.3, 0.4) is 0 Å². The zero-order valence-electron chi connectivity index (χ0n) is 20.1. The molecule has 0 N–H and O–H groups in total. The van der Waals surface area contributed by atoms with Crippen LogP contribution in [-0.2, 0) is 39.8 Å². The molecule has 0 aliphatic rings. The fraction of sp³-hybridized carbons (Fsp3) is 0.133. The number of hydrogen-bond donors (Lipinski definition) is 0. The van der Waals surface area contributed by atoms with Crippen LogP contribution in [0.5, 0.6) is 0 Å². The molecule has 0 aliphatic heterocycles. The largest absolute Gasteiger partial charge is 0.299 e. The second-order valence-corrected chi connectivity index (χ2v) is 9.01. The normalized spacial score (nSPS) is 10.9. The zero-order chi connectivity index (χ0) is 23.2. The van der Waals surface area contributed by atoms with Gasteiger partial charge in [0.15, 0.2) is 6.21 Å². The van der Waals surface area contributed by atoms with E-state index in [1.165, 1.54) is 31.9 Å². The summed E-state index contributed by atoms with van der Waals surface area (Å²) in [7, 11) is 4.12. The van der Waals surface area contributed by atoms with Crippen molar-refractivity contribution in [1.82, 2.24) is 0 Å². The van der Waals surface area contributed by atoms with Crippen molar-refractivity contribution < 1.29 is 41.9 Å². The number of para-hydroxylation sites is 2. The topological polar surface area (TPSA) is 6.89 Å². The van der Waals surface area contributed by atoms with Gasteiger partial charge in [0.05, 0.1) is 5.56 Å². The van der Waals surface area contributed by atoms with Gasteiger partial charge in [-0.25, -0.2) is 0 Å². The van der Waals surface area contributed by atoms with Gasteiger partial charge in [-0.15, -0.1) is 29.8 Å². The standard InChI is InChI=1S/C15H14NS.C15H14N.Y/c1-11-7-3-4-8-12(11)15-16(2)13-9-5-6-10-14(13)17-15;1-13-8-6-7-9-14(13)12-16(2)15-10-4-3-5-11-15;/h3-10H,1-2H3;3-10H,1-2H3;/q+1;-1;. The van der Waals surface area contributed by atoms with Crippen molar-refractivity contribution in [2.75, 3.05) is 7.05 Å². The Morgan fingerprint density at radius 3 is 2.12 bits per heavy atom. The molecule has 1 aromatic heterocycles. The average Bonchev–Trinajstić information content (AvgIpc) is 3.18. The first-order valence-corrected chi connectivity index (χ1v) is 11.8. The van der Waals surface area contributed by atoms with Crippen LogP contribution in [0.4, 0.5) is 5.69 Å². The molecule has 0 fully saturated rings. The van der Waals surface area contributed by atoms with E-state index in [0.717, 1.165) is 11.3 Å². The summed E-state index contributed by atoms with van der Waals surface area (Å²) in [5.74, 6) is 0. The van der Waals surface area contributed by atoms with E-state index in [2.05, 4.69) is 98.4 Å². The first-order valence-electron chi connectivity index (χ1n) is 11.0. The van der Waals surface area contributed by atoms with Crippen LogP contribution in [0.15, 0.2) is 97.1 Å². The van der Waals surface area contributed by atoms with Crippen LogP contribution < -0.4 is 4.57 Å². The molecule has 2 nitrogen and oxygen atoms in total. The summed E-state index contributed by atoms with van der Waals surface area (Å²) in [6, 6.07) is 36.4. The zero-order valence-corrected chi connectivity index (χ0v) is 23.8. The van der Waals surface area contributed by atoms with Crippen LogP contribution >= 0.6 is 11.3 Å². The number of thiazole rings is 1. The molecule has 1 heterocycles. The maximum absolute atomic E-state index is 3.33. The van der Waals surface area contributed by atoms with Crippen molar-refractivity contribution in [3.05, 3.63) is 120 Å². The summed E-state index contributed by atoms with van der Waals surface area (Å²) in [6.45, 7) is 4.25. The number of aromatic nitrogens is 1. The molecule has 0 amide bonds. The quantitative estimate of drug-likeness (QED) is 0.136. The molecular formula is C30H28N2SY. The van der Waals surface area contributed by atoms with Crippen LogP contribution in [0.1, 0.15) is 16.7 Å². The molecule has 0 atom stereocenters. The molecule has 0 spiro atoms. The van der Waals surface area contributed by atoms with E-state index in [1.807, 2.05) is 59.4 Å². The third-order valence-electron chi connectivity index (χ3n) is 5.60. The van der Waals surface area contributed by atoms with Crippen LogP contribution in [0.25, 0.3) is 20.8 Å². The number of hydrogen-bond acceptors (Lipinski definition) is 1. The minimum atomic E-state index is 0. The molecule has 0 saturated carbocycles. The van der Waals surface area contributed by atoms with Gasteiger partial charge in [0, 0.05) is 44.5 Å². The van der Waals surface area contributed by atoms with Gasteiger partial charge in [-0.3, -0.25) is 4.58 Å². The van der Waals surface area contributed by atoms with Crippen molar-refractivity contribution >= 4 is 33.5 Å². The predicted octanol–water partition coefficient (Wildman–Crippen LogP) is 6.76. The van der Waals surface area contributed by atoms with Gasteiger partial charge in [0.1, 0.15) is 18.8 Å². The van der Waals surface area contributed by atoms with E-state index in [9.17, 15) is 0 Å². The first kappa shape index (κ1) is 26.2. The third kappa shape index (κ3) is 6.15. The second-order valence-electron chi connectivity index (χ2n) is 7.98.